The molecule has 1 amide bonds. The molecule has 2 rings (SSSR count). The molecule has 0 aromatic rings. The highest BCUT2D eigenvalue weighted by atomic mass is 32.2. The Balaban J connectivity index is 2.25. The van der Waals surface area contributed by atoms with Gasteiger partial charge in [0.15, 0.2) is 0 Å². The van der Waals surface area contributed by atoms with Crippen molar-refractivity contribution in [3.05, 3.63) is 11.3 Å². The zero-order valence-corrected chi connectivity index (χ0v) is 11.8. The highest BCUT2D eigenvalue weighted by Gasteiger charge is 2.51. The number of nitrogens with zero attached hydrogens (tertiary/aromatic N) is 1. The SMILES string of the molecule is CC1=C(C(=O)OC(C)(C)C)N2C(=O)[C@H](N)C2SC1. The van der Waals surface area contributed by atoms with Crippen molar-refractivity contribution in [2.45, 2.75) is 44.7 Å². The number of amides is 1. The van der Waals surface area contributed by atoms with E-state index in [1.54, 1.807) is 32.5 Å². The second kappa shape index (κ2) is 4.28. The Morgan fingerprint density at radius 3 is 2.67 bits per heavy atom. The lowest BCUT2D eigenvalue weighted by atomic mass is 10.0. The van der Waals surface area contributed by atoms with E-state index in [9.17, 15) is 9.59 Å². The highest BCUT2D eigenvalue weighted by molar-refractivity contribution is 8.00. The molecule has 18 heavy (non-hydrogen) atoms. The lowest BCUT2D eigenvalue weighted by Gasteiger charge is -2.48. The second-order valence-corrected chi connectivity index (χ2v) is 6.67. The largest absolute Gasteiger partial charge is 0.455 e. The van der Waals surface area contributed by atoms with Crippen LogP contribution < -0.4 is 5.73 Å². The number of β-lactam (4-membered cyclic amide) rings is 1. The molecular formula is C12H18N2O3S. The van der Waals surface area contributed by atoms with Gasteiger partial charge in [0.05, 0.1) is 0 Å². The van der Waals surface area contributed by atoms with Gasteiger partial charge in [-0.05, 0) is 33.3 Å². The van der Waals surface area contributed by atoms with E-state index in [0.717, 1.165) is 5.57 Å². The lowest BCUT2D eigenvalue weighted by Crippen LogP contribution is -2.68. The normalized spacial score (nSPS) is 27.8. The number of ether oxygens (including phenoxy) is 1. The molecular weight excluding hydrogens is 252 g/mol. The van der Waals surface area contributed by atoms with E-state index in [-0.39, 0.29) is 11.3 Å². The molecule has 0 bridgehead atoms. The molecule has 0 saturated carbocycles. The van der Waals surface area contributed by atoms with E-state index in [1.165, 1.54) is 4.90 Å². The van der Waals surface area contributed by atoms with Crippen LogP contribution in [0.25, 0.3) is 0 Å². The van der Waals surface area contributed by atoms with Gasteiger partial charge in [-0.15, -0.1) is 11.8 Å². The van der Waals surface area contributed by atoms with Gasteiger partial charge in [-0.1, -0.05) is 0 Å². The molecule has 0 aromatic carbocycles. The minimum absolute atomic E-state index is 0.122. The van der Waals surface area contributed by atoms with Crippen LogP contribution in [0.1, 0.15) is 27.7 Å². The van der Waals surface area contributed by atoms with E-state index in [0.29, 0.717) is 11.4 Å². The maximum absolute atomic E-state index is 12.1. The summed E-state index contributed by atoms with van der Waals surface area (Å²) in [6, 6.07) is -0.500. The van der Waals surface area contributed by atoms with Gasteiger partial charge in [-0.3, -0.25) is 9.69 Å². The monoisotopic (exact) mass is 270 g/mol. The van der Waals surface area contributed by atoms with Crippen LogP contribution >= 0.6 is 11.8 Å². The number of fused-ring (bicyclic) bond motifs is 1. The van der Waals surface area contributed by atoms with Gasteiger partial charge in [0.25, 0.3) is 0 Å². The lowest BCUT2D eigenvalue weighted by molar-refractivity contribution is -0.158. The van der Waals surface area contributed by atoms with Gasteiger partial charge < -0.3 is 10.5 Å². The first-order valence-electron chi connectivity index (χ1n) is 5.86. The number of hydrogen-bond acceptors (Lipinski definition) is 5. The van der Waals surface area contributed by atoms with Crippen molar-refractivity contribution in [3.63, 3.8) is 0 Å². The zero-order chi connectivity index (χ0) is 13.7. The summed E-state index contributed by atoms with van der Waals surface area (Å²) in [6.07, 6.45) is 0. The van der Waals surface area contributed by atoms with Gasteiger partial charge in [-0.25, -0.2) is 4.79 Å². The molecule has 0 aliphatic carbocycles. The summed E-state index contributed by atoms with van der Waals surface area (Å²) in [6.45, 7) is 7.26. The topological polar surface area (TPSA) is 72.6 Å². The Labute approximate surface area is 111 Å². The summed E-state index contributed by atoms with van der Waals surface area (Å²) in [7, 11) is 0. The highest BCUT2D eigenvalue weighted by Crippen LogP contribution is 2.39. The van der Waals surface area contributed by atoms with Crippen LogP contribution in [-0.2, 0) is 14.3 Å². The number of nitrogens with two attached hydrogens (primary N) is 1. The third-order valence-corrected chi connectivity index (χ3v) is 4.24. The molecule has 2 N–H and O–H groups in total. The van der Waals surface area contributed by atoms with Crippen molar-refractivity contribution in [2.75, 3.05) is 5.75 Å². The first-order chi connectivity index (χ1) is 8.22. The van der Waals surface area contributed by atoms with Gasteiger partial charge in [0.1, 0.15) is 22.7 Å². The minimum Gasteiger partial charge on any atom is -0.455 e. The minimum atomic E-state index is -0.569. The summed E-state index contributed by atoms with van der Waals surface area (Å²) >= 11 is 1.59. The van der Waals surface area contributed by atoms with E-state index in [2.05, 4.69) is 0 Å². The first kappa shape index (κ1) is 13.4. The summed E-state index contributed by atoms with van der Waals surface area (Å²) in [5.74, 6) is 0.0643. The summed E-state index contributed by atoms with van der Waals surface area (Å²) in [5.41, 5.74) is 6.40. The summed E-state index contributed by atoms with van der Waals surface area (Å²) < 4.78 is 5.34. The fraction of sp³-hybridized carbons (Fsp3) is 0.667. The van der Waals surface area contributed by atoms with Crippen molar-refractivity contribution in [2.24, 2.45) is 5.73 Å². The molecule has 2 atom stereocenters. The van der Waals surface area contributed by atoms with Crippen LogP contribution in [0, 0.1) is 0 Å². The molecule has 0 radical (unpaired) electrons. The number of rotatable bonds is 1. The fourth-order valence-electron chi connectivity index (χ4n) is 1.99. The standard InChI is InChI=1S/C12H18N2O3S/c1-6-5-18-10-7(13)9(15)14(10)8(6)11(16)17-12(2,3)4/h7,10H,5,13H2,1-4H3/t7-,10?/m0/s1. The zero-order valence-electron chi connectivity index (χ0n) is 11.0. The molecule has 2 heterocycles. The van der Waals surface area contributed by atoms with Gasteiger partial charge >= 0.3 is 5.97 Å². The fourth-order valence-corrected chi connectivity index (χ4v) is 3.23. The van der Waals surface area contributed by atoms with Crippen molar-refractivity contribution < 1.29 is 14.3 Å². The number of carbonyl (C=O) groups is 2. The molecule has 5 nitrogen and oxygen atoms in total. The Kier molecular flexibility index (Phi) is 3.19. The van der Waals surface area contributed by atoms with Crippen molar-refractivity contribution >= 4 is 23.6 Å². The van der Waals surface area contributed by atoms with Gasteiger partial charge in [-0.2, -0.15) is 0 Å². The molecule has 1 saturated heterocycles. The number of hydrogen-bond donors (Lipinski definition) is 1. The number of thioether (sulfide) groups is 1. The second-order valence-electron chi connectivity index (χ2n) is 5.57. The molecule has 6 heteroatoms. The quantitative estimate of drug-likeness (QED) is 0.565. The smallest absolute Gasteiger partial charge is 0.355 e. The third kappa shape index (κ3) is 2.14. The predicted octanol–water partition coefficient (Wildman–Crippen LogP) is 0.845. The maximum atomic E-state index is 12.1. The van der Waals surface area contributed by atoms with Crippen LogP contribution in [0.2, 0.25) is 0 Å². The van der Waals surface area contributed by atoms with Crippen molar-refractivity contribution in [3.8, 4) is 0 Å². The maximum Gasteiger partial charge on any atom is 0.355 e. The van der Waals surface area contributed by atoms with E-state index in [1.807, 2.05) is 6.92 Å². The van der Waals surface area contributed by atoms with Crippen LogP contribution in [0.15, 0.2) is 11.3 Å². The van der Waals surface area contributed by atoms with Crippen molar-refractivity contribution in [1.82, 2.24) is 4.90 Å². The Morgan fingerprint density at radius 2 is 2.11 bits per heavy atom. The number of carbonyl (C=O) groups excluding carboxylic acids is 2. The predicted molar refractivity (Wildman–Crippen MR) is 69.6 cm³/mol. The molecule has 1 fully saturated rings. The third-order valence-electron chi connectivity index (χ3n) is 2.79. The Hall–Kier alpha value is -1.01. The van der Waals surface area contributed by atoms with E-state index >= 15 is 0 Å². The molecule has 1 unspecified atom stereocenters. The average Bonchev–Trinajstić information content (AvgIpc) is 2.25. The Bertz CT molecular complexity index is 439. The molecule has 2 aliphatic rings. The van der Waals surface area contributed by atoms with Gasteiger partial charge in [0.2, 0.25) is 5.91 Å². The summed E-state index contributed by atoms with van der Waals surface area (Å²) in [5, 5.41) is -0.122. The van der Waals surface area contributed by atoms with Crippen LogP contribution in [-0.4, -0.2) is 39.5 Å². The molecule has 2 aliphatic heterocycles. The van der Waals surface area contributed by atoms with Crippen LogP contribution in [0.3, 0.4) is 0 Å². The Morgan fingerprint density at radius 1 is 1.50 bits per heavy atom. The molecule has 0 aromatic heterocycles. The molecule has 100 valence electrons. The van der Waals surface area contributed by atoms with Crippen molar-refractivity contribution in [1.29, 1.82) is 0 Å². The van der Waals surface area contributed by atoms with Crippen LogP contribution in [0.4, 0.5) is 0 Å². The summed E-state index contributed by atoms with van der Waals surface area (Å²) in [4.78, 5) is 25.4. The first-order valence-corrected chi connectivity index (χ1v) is 6.90. The van der Waals surface area contributed by atoms with Gasteiger partial charge in [0, 0.05) is 5.75 Å². The van der Waals surface area contributed by atoms with E-state index in [4.69, 9.17) is 10.5 Å². The van der Waals surface area contributed by atoms with Crippen LogP contribution in [0.5, 0.6) is 0 Å². The average molecular weight is 270 g/mol. The number of esters is 1. The van der Waals surface area contributed by atoms with E-state index < -0.39 is 17.6 Å². The molecule has 0 spiro atoms.